The molecule has 0 saturated heterocycles. The van der Waals surface area contributed by atoms with Crippen molar-refractivity contribution in [3.05, 3.63) is 47.8 Å². The minimum absolute atomic E-state index is 0.0860. The highest BCUT2D eigenvalue weighted by Crippen LogP contribution is 2.47. The summed E-state index contributed by atoms with van der Waals surface area (Å²) in [6.07, 6.45) is 2.93. The normalized spacial score (nSPS) is 23.2. The van der Waals surface area contributed by atoms with Crippen LogP contribution in [-0.2, 0) is 6.54 Å². The third-order valence-electron chi connectivity index (χ3n) is 4.19. The van der Waals surface area contributed by atoms with Crippen molar-refractivity contribution in [1.82, 2.24) is 4.90 Å². The molecule has 3 atom stereocenters. The summed E-state index contributed by atoms with van der Waals surface area (Å²) in [4.78, 5) is 2.16. The first-order chi connectivity index (χ1) is 9.69. The molecule has 3 rings (SSSR count). The fraction of sp³-hybridized carbons (Fsp3) is 0.500. The molecular formula is C16H22N2O2. The van der Waals surface area contributed by atoms with Gasteiger partial charge in [-0.2, -0.15) is 0 Å². The molecular weight excluding hydrogens is 252 g/mol. The van der Waals surface area contributed by atoms with Crippen molar-refractivity contribution in [2.24, 2.45) is 11.7 Å². The molecule has 0 aromatic carbocycles. The zero-order valence-corrected chi connectivity index (χ0v) is 12.1. The maximum atomic E-state index is 6.02. The van der Waals surface area contributed by atoms with Gasteiger partial charge in [0.25, 0.3) is 0 Å². The SMILES string of the molecule is CC1CC1c1ccc(C(CN)N(C)Cc2ccco2)o1. The molecule has 4 nitrogen and oxygen atoms in total. The summed E-state index contributed by atoms with van der Waals surface area (Å²) in [6, 6.07) is 8.13. The van der Waals surface area contributed by atoms with Crippen LogP contribution in [0.3, 0.4) is 0 Å². The number of nitrogens with two attached hydrogens (primary N) is 1. The summed E-state index contributed by atoms with van der Waals surface area (Å²) in [5.41, 5.74) is 5.93. The first-order valence-corrected chi connectivity index (χ1v) is 7.21. The highest BCUT2D eigenvalue weighted by Gasteiger charge is 2.37. The third-order valence-corrected chi connectivity index (χ3v) is 4.19. The Kier molecular flexibility index (Phi) is 3.68. The molecule has 0 amide bonds. The fourth-order valence-corrected chi connectivity index (χ4v) is 2.74. The number of nitrogens with zero attached hydrogens (tertiary/aromatic N) is 1. The lowest BCUT2D eigenvalue weighted by atomic mass is 10.2. The van der Waals surface area contributed by atoms with Crippen molar-refractivity contribution in [2.45, 2.75) is 31.8 Å². The van der Waals surface area contributed by atoms with Crippen LogP contribution in [0.15, 0.2) is 39.4 Å². The largest absolute Gasteiger partial charge is 0.468 e. The van der Waals surface area contributed by atoms with E-state index in [-0.39, 0.29) is 6.04 Å². The Morgan fingerprint density at radius 2 is 2.20 bits per heavy atom. The zero-order chi connectivity index (χ0) is 14.1. The maximum Gasteiger partial charge on any atom is 0.122 e. The second-order valence-electron chi connectivity index (χ2n) is 5.81. The van der Waals surface area contributed by atoms with E-state index in [9.17, 15) is 0 Å². The zero-order valence-electron chi connectivity index (χ0n) is 12.1. The van der Waals surface area contributed by atoms with Crippen LogP contribution in [0.25, 0.3) is 0 Å². The van der Waals surface area contributed by atoms with E-state index in [2.05, 4.69) is 24.0 Å². The highest BCUT2D eigenvalue weighted by atomic mass is 16.3. The van der Waals surface area contributed by atoms with Crippen molar-refractivity contribution in [2.75, 3.05) is 13.6 Å². The molecule has 4 heteroatoms. The van der Waals surface area contributed by atoms with Gasteiger partial charge < -0.3 is 14.6 Å². The molecule has 1 aliphatic carbocycles. The Bertz CT molecular complexity index is 547. The van der Waals surface area contributed by atoms with Crippen molar-refractivity contribution in [3.63, 3.8) is 0 Å². The summed E-state index contributed by atoms with van der Waals surface area (Å²) in [5, 5.41) is 0. The monoisotopic (exact) mass is 274 g/mol. The number of likely N-dealkylation sites (N-methyl/N-ethyl adjacent to an activating group) is 1. The molecule has 1 saturated carbocycles. The molecule has 0 spiro atoms. The molecule has 108 valence electrons. The summed E-state index contributed by atoms with van der Waals surface area (Å²) in [6.45, 7) is 3.52. The Morgan fingerprint density at radius 3 is 2.80 bits per heavy atom. The summed E-state index contributed by atoms with van der Waals surface area (Å²) < 4.78 is 11.4. The van der Waals surface area contributed by atoms with Gasteiger partial charge >= 0.3 is 0 Å². The lowest BCUT2D eigenvalue weighted by Crippen LogP contribution is -2.29. The lowest BCUT2D eigenvalue weighted by molar-refractivity contribution is 0.196. The maximum absolute atomic E-state index is 6.02. The van der Waals surface area contributed by atoms with Gasteiger partial charge in [0.2, 0.25) is 0 Å². The second-order valence-corrected chi connectivity index (χ2v) is 5.81. The van der Waals surface area contributed by atoms with E-state index in [0.29, 0.717) is 12.5 Å². The fourth-order valence-electron chi connectivity index (χ4n) is 2.74. The van der Waals surface area contributed by atoms with Gasteiger partial charge in [-0.15, -0.1) is 0 Å². The van der Waals surface area contributed by atoms with E-state index in [1.807, 2.05) is 19.2 Å². The summed E-state index contributed by atoms with van der Waals surface area (Å²) >= 11 is 0. The number of hydrogen-bond donors (Lipinski definition) is 1. The van der Waals surface area contributed by atoms with E-state index in [1.54, 1.807) is 6.26 Å². The van der Waals surface area contributed by atoms with E-state index in [0.717, 1.165) is 29.7 Å². The van der Waals surface area contributed by atoms with Crippen LogP contribution >= 0.6 is 0 Å². The van der Waals surface area contributed by atoms with Gasteiger partial charge in [0, 0.05) is 12.5 Å². The average molecular weight is 274 g/mol. The molecule has 1 aliphatic rings. The topological polar surface area (TPSA) is 55.5 Å². The van der Waals surface area contributed by atoms with Crippen LogP contribution < -0.4 is 5.73 Å². The molecule has 3 unspecified atom stereocenters. The van der Waals surface area contributed by atoms with E-state index < -0.39 is 0 Å². The van der Waals surface area contributed by atoms with Gasteiger partial charge in [0.05, 0.1) is 18.8 Å². The van der Waals surface area contributed by atoms with Crippen LogP contribution in [0, 0.1) is 5.92 Å². The molecule has 1 fully saturated rings. The van der Waals surface area contributed by atoms with Gasteiger partial charge in [-0.3, -0.25) is 4.90 Å². The van der Waals surface area contributed by atoms with E-state index in [4.69, 9.17) is 14.6 Å². The first-order valence-electron chi connectivity index (χ1n) is 7.21. The predicted molar refractivity (Wildman–Crippen MR) is 77.2 cm³/mol. The minimum atomic E-state index is 0.0860. The van der Waals surface area contributed by atoms with Crippen molar-refractivity contribution >= 4 is 0 Å². The third kappa shape index (κ3) is 2.67. The molecule has 2 aromatic heterocycles. The van der Waals surface area contributed by atoms with Gasteiger partial charge in [0.1, 0.15) is 17.3 Å². The Labute approximate surface area is 119 Å². The van der Waals surface area contributed by atoms with Crippen LogP contribution in [-0.4, -0.2) is 18.5 Å². The van der Waals surface area contributed by atoms with Crippen LogP contribution in [0.2, 0.25) is 0 Å². The van der Waals surface area contributed by atoms with Gasteiger partial charge in [-0.05, 0) is 43.7 Å². The Hall–Kier alpha value is -1.52. The average Bonchev–Trinajstić information content (AvgIpc) is 2.88. The minimum Gasteiger partial charge on any atom is -0.468 e. The molecule has 2 aromatic rings. The molecule has 0 bridgehead atoms. The number of furan rings is 2. The Balaban J connectivity index is 1.70. The smallest absolute Gasteiger partial charge is 0.122 e. The standard InChI is InChI=1S/C16H22N2O2/c1-11-8-13(11)15-5-6-16(20-15)14(9-17)18(2)10-12-4-3-7-19-12/h3-7,11,13-14H,8-10,17H2,1-2H3. The van der Waals surface area contributed by atoms with Crippen molar-refractivity contribution in [1.29, 1.82) is 0 Å². The van der Waals surface area contributed by atoms with Gasteiger partial charge in [-0.25, -0.2) is 0 Å². The molecule has 2 N–H and O–H groups in total. The van der Waals surface area contributed by atoms with Crippen LogP contribution in [0.5, 0.6) is 0 Å². The quantitative estimate of drug-likeness (QED) is 0.879. The Morgan fingerprint density at radius 1 is 1.40 bits per heavy atom. The molecule has 20 heavy (non-hydrogen) atoms. The predicted octanol–water partition coefficient (Wildman–Crippen LogP) is 3.13. The van der Waals surface area contributed by atoms with Crippen LogP contribution in [0.1, 0.15) is 42.6 Å². The molecule has 0 radical (unpaired) electrons. The van der Waals surface area contributed by atoms with E-state index >= 15 is 0 Å². The van der Waals surface area contributed by atoms with Crippen molar-refractivity contribution in [3.8, 4) is 0 Å². The van der Waals surface area contributed by atoms with Crippen molar-refractivity contribution < 1.29 is 8.83 Å². The lowest BCUT2D eigenvalue weighted by Gasteiger charge is -2.24. The summed E-state index contributed by atoms with van der Waals surface area (Å²) in [7, 11) is 2.04. The number of hydrogen-bond acceptors (Lipinski definition) is 4. The van der Waals surface area contributed by atoms with Crippen LogP contribution in [0.4, 0.5) is 0 Å². The van der Waals surface area contributed by atoms with E-state index in [1.165, 1.54) is 6.42 Å². The van der Waals surface area contributed by atoms with Gasteiger partial charge in [-0.1, -0.05) is 6.92 Å². The summed E-state index contributed by atoms with van der Waals surface area (Å²) in [5.74, 6) is 4.37. The second kappa shape index (κ2) is 5.46. The first kappa shape index (κ1) is 13.5. The van der Waals surface area contributed by atoms with Gasteiger partial charge in [0.15, 0.2) is 0 Å². The highest BCUT2D eigenvalue weighted by molar-refractivity contribution is 5.19. The number of rotatable bonds is 6. The molecule has 2 heterocycles. The molecule has 0 aliphatic heterocycles.